The van der Waals surface area contributed by atoms with Gasteiger partial charge >= 0.3 is 0 Å². The molecule has 1 aliphatic rings. The number of furan rings is 1. The molecule has 0 radical (unpaired) electrons. The van der Waals surface area contributed by atoms with E-state index in [0.717, 1.165) is 43.2 Å². The summed E-state index contributed by atoms with van der Waals surface area (Å²) in [5, 5.41) is 8.13. The number of amides is 1. The van der Waals surface area contributed by atoms with E-state index in [-0.39, 0.29) is 11.8 Å². The highest BCUT2D eigenvalue weighted by atomic mass is 35.5. The lowest BCUT2D eigenvalue weighted by Crippen LogP contribution is -2.40. The van der Waals surface area contributed by atoms with Crippen LogP contribution in [0.25, 0.3) is 11.4 Å². The smallest absolute Gasteiger partial charge is 0.241 e. The van der Waals surface area contributed by atoms with Crippen LogP contribution in [0.5, 0.6) is 0 Å². The van der Waals surface area contributed by atoms with Gasteiger partial charge in [0.15, 0.2) is 0 Å². The Balaban J connectivity index is 1.17. The first kappa shape index (κ1) is 23.2. The molecule has 32 heavy (non-hydrogen) atoms. The first-order chi connectivity index (χ1) is 15.6. The number of carbonyl (C=O) groups is 1. The summed E-state index contributed by atoms with van der Waals surface area (Å²) >= 11 is 13.9. The summed E-state index contributed by atoms with van der Waals surface area (Å²) in [6, 6.07) is 9.02. The summed E-state index contributed by atoms with van der Waals surface area (Å²) in [6.45, 7) is 2.84. The summed E-state index contributed by atoms with van der Waals surface area (Å²) in [4.78, 5) is 19.1. The first-order valence-electron chi connectivity index (χ1n) is 10.5. The van der Waals surface area contributed by atoms with Crippen LogP contribution in [0.3, 0.4) is 0 Å². The number of hydrogen-bond acceptors (Lipinski definition) is 7. The predicted octanol–water partition coefficient (Wildman–Crippen LogP) is 4.90. The van der Waals surface area contributed by atoms with E-state index in [4.69, 9.17) is 32.1 Å². The van der Waals surface area contributed by atoms with E-state index in [2.05, 4.69) is 20.4 Å². The third-order valence-electron chi connectivity index (χ3n) is 5.33. The van der Waals surface area contributed by atoms with Crippen molar-refractivity contribution in [1.82, 2.24) is 20.4 Å². The number of halogens is 2. The van der Waals surface area contributed by atoms with Crippen molar-refractivity contribution < 1.29 is 13.7 Å². The zero-order valence-corrected chi connectivity index (χ0v) is 19.8. The molecule has 0 bridgehead atoms. The van der Waals surface area contributed by atoms with Crippen molar-refractivity contribution in [2.24, 2.45) is 5.92 Å². The van der Waals surface area contributed by atoms with E-state index in [1.165, 1.54) is 0 Å². The van der Waals surface area contributed by atoms with Gasteiger partial charge in [0, 0.05) is 28.8 Å². The SMILES string of the molecule is O=C(NCCSCc1ccco1)C1CCN(Cc2nc(-c3ccc(Cl)cc3Cl)no2)CC1. The van der Waals surface area contributed by atoms with Gasteiger partial charge in [-0.3, -0.25) is 9.69 Å². The Morgan fingerprint density at radius 3 is 2.84 bits per heavy atom. The second-order valence-electron chi connectivity index (χ2n) is 7.61. The zero-order chi connectivity index (χ0) is 22.3. The molecule has 4 rings (SSSR count). The molecule has 0 atom stereocenters. The van der Waals surface area contributed by atoms with Crippen LogP contribution in [0.15, 0.2) is 45.5 Å². The fourth-order valence-electron chi connectivity index (χ4n) is 3.60. The van der Waals surface area contributed by atoms with Gasteiger partial charge in [0.05, 0.1) is 23.6 Å². The highest BCUT2D eigenvalue weighted by molar-refractivity contribution is 7.98. The van der Waals surface area contributed by atoms with Crippen LogP contribution in [0.2, 0.25) is 10.0 Å². The minimum absolute atomic E-state index is 0.0486. The Morgan fingerprint density at radius 2 is 2.09 bits per heavy atom. The maximum atomic E-state index is 12.5. The second kappa shape index (κ2) is 11.2. The van der Waals surface area contributed by atoms with Crippen LogP contribution in [-0.2, 0) is 17.1 Å². The van der Waals surface area contributed by atoms with Crippen molar-refractivity contribution >= 4 is 40.9 Å². The van der Waals surface area contributed by atoms with E-state index >= 15 is 0 Å². The number of likely N-dealkylation sites (tertiary alicyclic amines) is 1. The maximum absolute atomic E-state index is 12.5. The van der Waals surface area contributed by atoms with Crippen LogP contribution in [0.4, 0.5) is 0 Å². The maximum Gasteiger partial charge on any atom is 0.241 e. The largest absolute Gasteiger partial charge is 0.468 e. The standard InChI is InChI=1S/C22H24Cl2N4O3S/c23-16-3-4-18(19(24)12-16)21-26-20(31-27-21)13-28-8-5-15(6-9-28)22(29)25-7-11-32-14-17-2-1-10-30-17/h1-4,10,12,15H,5-9,11,13-14H2,(H,25,29). The van der Waals surface area contributed by atoms with Crippen molar-refractivity contribution in [2.75, 3.05) is 25.4 Å². The van der Waals surface area contributed by atoms with Crippen LogP contribution in [0, 0.1) is 5.92 Å². The number of rotatable bonds is 9. The molecule has 170 valence electrons. The minimum atomic E-state index is 0.0486. The first-order valence-corrected chi connectivity index (χ1v) is 12.4. The molecule has 3 aromatic rings. The lowest BCUT2D eigenvalue weighted by atomic mass is 9.96. The molecular formula is C22H24Cl2N4O3S. The van der Waals surface area contributed by atoms with E-state index in [9.17, 15) is 4.79 Å². The van der Waals surface area contributed by atoms with Crippen molar-refractivity contribution in [3.05, 3.63) is 58.3 Å². The van der Waals surface area contributed by atoms with Gasteiger partial charge < -0.3 is 14.3 Å². The summed E-state index contributed by atoms with van der Waals surface area (Å²) in [5.41, 5.74) is 0.684. The van der Waals surface area contributed by atoms with Gasteiger partial charge in [0.25, 0.3) is 0 Å². The van der Waals surface area contributed by atoms with E-state index in [1.807, 2.05) is 12.1 Å². The van der Waals surface area contributed by atoms with Gasteiger partial charge in [0.2, 0.25) is 17.6 Å². The Kier molecular flexibility index (Phi) is 8.13. The number of nitrogens with zero attached hydrogens (tertiary/aromatic N) is 3. The molecule has 1 aromatic carbocycles. The van der Waals surface area contributed by atoms with Crippen LogP contribution < -0.4 is 5.32 Å². The summed E-state index contributed by atoms with van der Waals surface area (Å²) in [5.74, 6) is 3.81. The lowest BCUT2D eigenvalue weighted by Gasteiger charge is -2.30. The number of nitrogens with one attached hydrogen (secondary N) is 1. The van der Waals surface area contributed by atoms with E-state index in [1.54, 1.807) is 36.2 Å². The third-order valence-corrected chi connectivity index (χ3v) is 6.86. The Labute approximate surface area is 200 Å². The zero-order valence-electron chi connectivity index (χ0n) is 17.4. The van der Waals surface area contributed by atoms with Crippen LogP contribution in [0.1, 0.15) is 24.5 Å². The molecule has 1 fully saturated rings. The molecule has 0 aliphatic carbocycles. The normalized spacial score (nSPS) is 15.2. The Morgan fingerprint density at radius 1 is 1.25 bits per heavy atom. The molecule has 2 aromatic heterocycles. The number of aromatic nitrogens is 2. The number of carbonyl (C=O) groups excluding carboxylic acids is 1. The lowest BCUT2D eigenvalue weighted by molar-refractivity contribution is -0.126. The van der Waals surface area contributed by atoms with Gasteiger partial charge in [-0.2, -0.15) is 16.7 Å². The molecule has 3 heterocycles. The number of benzene rings is 1. The van der Waals surface area contributed by atoms with Crippen LogP contribution >= 0.6 is 35.0 Å². The summed E-state index contributed by atoms with van der Waals surface area (Å²) in [7, 11) is 0. The topological polar surface area (TPSA) is 84.4 Å². The van der Waals surface area contributed by atoms with Crippen LogP contribution in [-0.4, -0.2) is 46.3 Å². The van der Waals surface area contributed by atoms with Crippen molar-refractivity contribution in [3.63, 3.8) is 0 Å². The highest BCUT2D eigenvalue weighted by Gasteiger charge is 2.26. The molecule has 1 amide bonds. The van der Waals surface area contributed by atoms with E-state index in [0.29, 0.717) is 40.4 Å². The number of piperidine rings is 1. The summed E-state index contributed by atoms with van der Waals surface area (Å²) < 4.78 is 10.7. The van der Waals surface area contributed by atoms with Gasteiger partial charge in [-0.1, -0.05) is 28.4 Å². The number of hydrogen-bond donors (Lipinski definition) is 1. The molecule has 0 spiro atoms. The molecule has 1 saturated heterocycles. The van der Waals surface area contributed by atoms with Gasteiger partial charge in [-0.25, -0.2) is 0 Å². The van der Waals surface area contributed by atoms with Crippen molar-refractivity contribution in [3.8, 4) is 11.4 Å². The fourth-order valence-corrected chi connectivity index (χ4v) is 4.85. The van der Waals surface area contributed by atoms with Gasteiger partial charge in [0.1, 0.15) is 5.76 Å². The molecule has 1 aliphatic heterocycles. The average molecular weight is 495 g/mol. The quantitative estimate of drug-likeness (QED) is 0.423. The molecule has 1 N–H and O–H groups in total. The average Bonchev–Trinajstić information content (AvgIpc) is 3.46. The van der Waals surface area contributed by atoms with Gasteiger partial charge in [-0.15, -0.1) is 0 Å². The summed E-state index contributed by atoms with van der Waals surface area (Å²) in [6.07, 6.45) is 3.31. The number of thioether (sulfide) groups is 1. The minimum Gasteiger partial charge on any atom is -0.468 e. The highest BCUT2D eigenvalue weighted by Crippen LogP contribution is 2.28. The van der Waals surface area contributed by atoms with Crippen molar-refractivity contribution in [2.45, 2.75) is 25.1 Å². The monoisotopic (exact) mass is 494 g/mol. The van der Waals surface area contributed by atoms with E-state index < -0.39 is 0 Å². The predicted molar refractivity (Wildman–Crippen MR) is 126 cm³/mol. The van der Waals surface area contributed by atoms with Crippen molar-refractivity contribution in [1.29, 1.82) is 0 Å². The van der Waals surface area contributed by atoms with Gasteiger partial charge in [-0.05, 0) is 56.3 Å². The molecular weight excluding hydrogens is 471 g/mol. The molecule has 0 saturated carbocycles. The Bertz CT molecular complexity index is 1020. The Hall–Kier alpha value is -2.00. The third kappa shape index (κ3) is 6.28. The second-order valence-corrected chi connectivity index (χ2v) is 9.56. The fraction of sp³-hybridized carbons (Fsp3) is 0.409. The molecule has 10 heteroatoms. The molecule has 7 nitrogen and oxygen atoms in total. The molecule has 0 unspecified atom stereocenters.